The minimum Gasteiger partial charge on any atom is -0.490 e. The van der Waals surface area contributed by atoms with Gasteiger partial charge < -0.3 is 4.43 Å². The van der Waals surface area contributed by atoms with E-state index < -0.39 is 8.32 Å². The smallest absolute Gasteiger partial charge is 0.330 e. The van der Waals surface area contributed by atoms with E-state index in [0.717, 1.165) is 0 Å². The minimum atomic E-state index is -2.38. The molecular weight excluding hydrogens is 284 g/mol. The molecule has 0 bridgehead atoms. The maximum absolute atomic E-state index is 6.21. The summed E-state index contributed by atoms with van der Waals surface area (Å²) in [5.41, 5.74) is 0.558. The fourth-order valence-electron chi connectivity index (χ4n) is 3.81. The van der Waals surface area contributed by atoms with Crippen LogP contribution in [0.2, 0.25) is 5.54 Å². The van der Waals surface area contributed by atoms with Crippen LogP contribution < -0.4 is 10.4 Å². The number of benzene rings is 2. The quantitative estimate of drug-likeness (QED) is 0.618. The zero-order valence-corrected chi connectivity index (χ0v) is 13.9. The van der Waals surface area contributed by atoms with E-state index in [9.17, 15) is 0 Å². The van der Waals surface area contributed by atoms with Crippen molar-refractivity contribution in [3.05, 3.63) is 60.7 Å². The lowest BCUT2D eigenvalue weighted by atomic mass is 10.0. The zero-order valence-electron chi connectivity index (χ0n) is 12.9. The molecule has 3 rings (SSSR count). The second-order valence-corrected chi connectivity index (χ2v) is 9.67. The van der Waals surface area contributed by atoms with E-state index in [4.69, 9.17) is 10.8 Å². The van der Waals surface area contributed by atoms with Gasteiger partial charge in [-0.2, -0.15) is 0 Å². The Hall–Kier alpha value is -1.98. The van der Waals surface area contributed by atoms with E-state index in [1.54, 1.807) is 0 Å². The van der Waals surface area contributed by atoms with Gasteiger partial charge in [0.1, 0.15) is 0 Å². The third-order valence-corrected chi connectivity index (χ3v) is 9.35. The van der Waals surface area contributed by atoms with Crippen LogP contribution in [0.15, 0.2) is 60.7 Å². The Balaban J connectivity index is 2.16. The van der Waals surface area contributed by atoms with Gasteiger partial charge in [0.05, 0.1) is 6.11 Å². The lowest BCUT2D eigenvalue weighted by Gasteiger charge is -2.38. The molecule has 2 aromatic rings. The van der Waals surface area contributed by atoms with E-state index in [2.05, 4.69) is 66.8 Å². The molecule has 1 aliphatic rings. The third kappa shape index (κ3) is 2.69. The predicted molar refractivity (Wildman–Crippen MR) is 94.7 cm³/mol. The third-order valence-electron chi connectivity index (χ3n) is 4.81. The first-order valence-electron chi connectivity index (χ1n) is 8.12. The van der Waals surface area contributed by atoms with Gasteiger partial charge in [-0.15, -0.1) is 0 Å². The van der Waals surface area contributed by atoms with Crippen LogP contribution in [0.5, 0.6) is 0 Å². The van der Waals surface area contributed by atoms with Crippen molar-refractivity contribution >= 4 is 18.7 Å². The Bertz CT molecular complexity index is 584. The van der Waals surface area contributed by atoms with Gasteiger partial charge in [-0.1, -0.05) is 86.3 Å². The summed E-state index contributed by atoms with van der Waals surface area (Å²) in [5.74, 6) is 0. The monoisotopic (exact) mass is 306 g/mol. The topological polar surface area (TPSA) is 9.23 Å². The highest BCUT2D eigenvalue weighted by Crippen LogP contribution is 2.37. The first-order valence-corrected chi connectivity index (χ1v) is 10.1. The Kier molecular flexibility index (Phi) is 4.65. The van der Waals surface area contributed by atoms with Gasteiger partial charge in [-0.3, -0.25) is 0 Å². The predicted octanol–water partition coefficient (Wildman–Crippen LogP) is 3.69. The molecule has 0 radical (unpaired) electrons. The standard InChI is InChI=1S/C20H22OSi/c1-2-21-22(18-12-6-3-7-13-18,19-14-8-4-9-15-19)20-16-10-5-11-17-20/h1,3-4,6-9,12-15,20H,5,10-11,16-17H2. The maximum Gasteiger partial charge on any atom is 0.330 e. The van der Waals surface area contributed by atoms with Crippen molar-refractivity contribution in [3.63, 3.8) is 0 Å². The molecule has 0 aromatic heterocycles. The van der Waals surface area contributed by atoms with Crippen molar-refractivity contribution < 1.29 is 4.43 Å². The summed E-state index contributed by atoms with van der Waals surface area (Å²) in [6.07, 6.45) is 14.6. The highest BCUT2D eigenvalue weighted by molar-refractivity contribution is 6.98. The highest BCUT2D eigenvalue weighted by atomic mass is 28.4. The van der Waals surface area contributed by atoms with Crippen LogP contribution in [0.1, 0.15) is 32.1 Å². The summed E-state index contributed by atoms with van der Waals surface area (Å²) in [4.78, 5) is 0. The van der Waals surface area contributed by atoms with Crippen LogP contribution >= 0.6 is 0 Å². The van der Waals surface area contributed by atoms with Crippen LogP contribution in [0.25, 0.3) is 0 Å². The molecule has 0 heterocycles. The molecular formula is C20H22OSi. The number of rotatable bonds is 4. The summed E-state index contributed by atoms with van der Waals surface area (Å²) < 4.78 is 6.21. The summed E-state index contributed by atoms with van der Waals surface area (Å²) in [6.45, 7) is 0. The average Bonchev–Trinajstić information content (AvgIpc) is 2.62. The summed E-state index contributed by atoms with van der Waals surface area (Å²) >= 11 is 0. The molecule has 0 atom stereocenters. The Morgan fingerprint density at radius 2 is 1.32 bits per heavy atom. The number of terminal acetylenes is 1. The van der Waals surface area contributed by atoms with Crippen LogP contribution in [0.3, 0.4) is 0 Å². The van der Waals surface area contributed by atoms with E-state index in [0.29, 0.717) is 5.54 Å². The molecule has 1 nitrogen and oxygen atoms in total. The minimum absolute atomic E-state index is 0.558. The Morgan fingerprint density at radius 3 is 1.77 bits per heavy atom. The van der Waals surface area contributed by atoms with Crippen molar-refractivity contribution in [2.45, 2.75) is 37.6 Å². The Labute approximate surface area is 134 Å². The van der Waals surface area contributed by atoms with E-state index in [1.807, 2.05) is 0 Å². The molecule has 2 heteroatoms. The molecule has 22 heavy (non-hydrogen) atoms. The largest absolute Gasteiger partial charge is 0.490 e. The van der Waals surface area contributed by atoms with Gasteiger partial charge in [0, 0.05) is 0 Å². The van der Waals surface area contributed by atoms with E-state index in [1.165, 1.54) is 42.5 Å². The molecule has 0 saturated heterocycles. The van der Waals surface area contributed by atoms with Gasteiger partial charge in [0.2, 0.25) is 0 Å². The maximum atomic E-state index is 6.21. The zero-order chi connectivity index (χ0) is 15.3. The fraction of sp³-hybridized carbons (Fsp3) is 0.300. The van der Waals surface area contributed by atoms with Crippen LogP contribution in [-0.2, 0) is 4.43 Å². The molecule has 0 N–H and O–H groups in total. The second-order valence-electron chi connectivity index (χ2n) is 6.02. The molecule has 0 spiro atoms. The van der Waals surface area contributed by atoms with Gasteiger partial charge in [-0.25, -0.2) is 0 Å². The average molecular weight is 306 g/mol. The first kappa shape index (κ1) is 14.9. The molecule has 2 aromatic carbocycles. The lowest BCUT2D eigenvalue weighted by molar-refractivity contribution is 0.434. The van der Waals surface area contributed by atoms with Gasteiger partial charge >= 0.3 is 8.32 Å². The highest BCUT2D eigenvalue weighted by Gasteiger charge is 2.48. The molecule has 112 valence electrons. The molecule has 0 amide bonds. The van der Waals surface area contributed by atoms with Crippen LogP contribution in [0, 0.1) is 12.5 Å². The van der Waals surface area contributed by atoms with Gasteiger partial charge in [0.25, 0.3) is 0 Å². The molecule has 1 aliphatic carbocycles. The second kappa shape index (κ2) is 6.85. The summed E-state index contributed by atoms with van der Waals surface area (Å²) in [7, 11) is -2.38. The molecule has 0 unspecified atom stereocenters. The van der Waals surface area contributed by atoms with Crippen LogP contribution in [-0.4, -0.2) is 8.32 Å². The molecule has 1 saturated carbocycles. The summed E-state index contributed by atoms with van der Waals surface area (Å²) in [5, 5.41) is 2.59. The van der Waals surface area contributed by atoms with Gasteiger partial charge in [-0.05, 0) is 28.8 Å². The summed E-state index contributed by atoms with van der Waals surface area (Å²) in [6, 6.07) is 21.3. The molecule has 1 fully saturated rings. The Morgan fingerprint density at radius 1 is 0.818 bits per heavy atom. The van der Waals surface area contributed by atoms with Crippen molar-refractivity contribution in [1.82, 2.24) is 0 Å². The normalized spacial score (nSPS) is 16.0. The van der Waals surface area contributed by atoms with Gasteiger partial charge in [0.15, 0.2) is 0 Å². The van der Waals surface area contributed by atoms with E-state index >= 15 is 0 Å². The van der Waals surface area contributed by atoms with Crippen molar-refractivity contribution in [2.75, 3.05) is 0 Å². The van der Waals surface area contributed by atoms with E-state index in [-0.39, 0.29) is 0 Å². The van der Waals surface area contributed by atoms with Crippen LogP contribution in [0.4, 0.5) is 0 Å². The first-order chi connectivity index (χ1) is 10.9. The molecule has 0 aliphatic heterocycles. The van der Waals surface area contributed by atoms with Crippen molar-refractivity contribution in [2.24, 2.45) is 0 Å². The number of hydrogen-bond acceptors (Lipinski definition) is 1. The van der Waals surface area contributed by atoms with Crippen molar-refractivity contribution in [3.8, 4) is 12.5 Å². The fourth-order valence-corrected chi connectivity index (χ4v) is 8.27. The lowest BCUT2D eigenvalue weighted by Crippen LogP contribution is -2.63. The van der Waals surface area contributed by atoms with Crippen molar-refractivity contribution in [1.29, 1.82) is 0 Å². The SMILES string of the molecule is C#CO[Si](c1ccccc1)(c1ccccc1)C1CCCCC1. The number of hydrogen-bond donors (Lipinski definition) is 0.